The van der Waals surface area contributed by atoms with Crippen molar-refractivity contribution in [3.8, 4) is 0 Å². The van der Waals surface area contributed by atoms with Crippen LogP contribution in [-0.2, 0) is 4.79 Å². The molecule has 0 atom stereocenters. The lowest BCUT2D eigenvalue weighted by Gasteiger charge is -2.10. The number of anilines is 1. The molecule has 0 aliphatic heterocycles. The molecule has 1 aromatic rings. The van der Waals surface area contributed by atoms with E-state index >= 15 is 0 Å². The number of hydrogen-bond acceptors (Lipinski definition) is 2. The van der Waals surface area contributed by atoms with E-state index in [0.717, 1.165) is 37.7 Å². The molecule has 1 aliphatic carbocycles. The maximum atomic E-state index is 11.8. The molecule has 1 aromatic carbocycles. The molecule has 0 saturated heterocycles. The van der Waals surface area contributed by atoms with E-state index in [1.54, 1.807) is 24.3 Å². The third kappa shape index (κ3) is 2.48. The highest BCUT2D eigenvalue weighted by Crippen LogP contribution is 2.25. The molecule has 16 heavy (non-hydrogen) atoms. The molecule has 1 fully saturated rings. The smallest absolute Gasteiger partial charge is 0.227 e. The summed E-state index contributed by atoms with van der Waals surface area (Å²) in [6, 6.07) is 6.93. The van der Waals surface area contributed by atoms with Crippen molar-refractivity contribution in [2.75, 3.05) is 5.32 Å². The maximum Gasteiger partial charge on any atom is 0.227 e. The summed E-state index contributed by atoms with van der Waals surface area (Å²) in [5.41, 5.74) is 1.39. The van der Waals surface area contributed by atoms with E-state index in [-0.39, 0.29) is 11.8 Å². The van der Waals surface area contributed by atoms with E-state index in [9.17, 15) is 9.59 Å². The van der Waals surface area contributed by atoms with E-state index in [2.05, 4.69) is 5.32 Å². The van der Waals surface area contributed by atoms with Gasteiger partial charge < -0.3 is 5.32 Å². The molecule has 0 unspecified atom stereocenters. The third-order valence-corrected chi connectivity index (χ3v) is 3.04. The monoisotopic (exact) mass is 217 g/mol. The molecular weight excluding hydrogens is 202 g/mol. The summed E-state index contributed by atoms with van der Waals surface area (Å²) in [7, 11) is 0. The first-order valence-corrected chi connectivity index (χ1v) is 5.66. The Bertz CT molecular complexity index is 377. The molecule has 1 amide bonds. The lowest BCUT2D eigenvalue weighted by molar-refractivity contribution is -0.119. The number of amides is 1. The molecule has 0 aromatic heterocycles. The normalized spacial score (nSPS) is 16.0. The zero-order valence-corrected chi connectivity index (χ0v) is 9.11. The Morgan fingerprint density at radius 1 is 1.19 bits per heavy atom. The topological polar surface area (TPSA) is 46.2 Å². The van der Waals surface area contributed by atoms with Crippen LogP contribution in [0.1, 0.15) is 36.0 Å². The minimum atomic E-state index is 0.108. The van der Waals surface area contributed by atoms with Crippen LogP contribution in [0.15, 0.2) is 24.3 Å². The van der Waals surface area contributed by atoms with Crippen molar-refractivity contribution in [3.63, 3.8) is 0 Å². The predicted octanol–water partition coefficient (Wildman–Crippen LogP) is 2.63. The zero-order chi connectivity index (χ0) is 11.4. The van der Waals surface area contributed by atoms with Gasteiger partial charge >= 0.3 is 0 Å². The Kier molecular flexibility index (Phi) is 3.34. The lowest BCUT2D eigenvalue weighted by atomic mass is 10.1. The van der Waals surface area contributed by atoms with Crippen LogP contribution in [0.5, 0.6) is 0 Å². The van der Waals surface area contributed by atoms with Crippen LogP contribution in [0, 0.1) is 5.92 Å². The van der Waals surface area contributed by atoms with Gasteiger partial charge in [-0.25, -0.2) is 0 Å². The Morgan fingerprint density at radius 3 is 2.38 bits per heavy atom. The highest BCUT2D eigenvalue weighted by molar-refractivity contribution is 5.93. The predicted molar refractivity (Wildman–Crippen MR) is 62.4 cm³/mol. The third-order valence-electron chi connectivity index (χ3n) is 3.04. The van der Waals surface area contributed by atoms with Gasteiger partial charge in [-0.15, -0.1) is 0 Å². The van der Waals surface area contributed by atoms with Gasteiger partial charge in [0.1, 0.15) is 6.29 Å². The van der Waals surface area contributed by atoms with Crippen molar-refractivity contribution in [2.24, 2.45) is 5.92 Å². The van der Waals surface area contributed by atoms with Crippen LogP contribution in [0.4, 0.5) is 5.69 Å². The summed E-state index contributed by atoms with van der Waals surface area (Å²) < 4.78 is 0. The van der Waals surface area contributed by atoms with E-state index < -0.39 is 0 Å². The Labute approximate surface area is 94.9 Å². The standard InChI is InChI=1S/C13H15NO2/c15-9-10-5-7-12(8-6-10)14-13(16)11-3-1-2-4-11/h5-9,11H,1-4H2,(H,14,16). The van der Waals surface area contributed by atoms with Crippen LogP contribution in [0.2, 0.25) is 0 Å². The SMILES string of the molecule is O=Cc1ccc(NC(=O)C2CCCC2)cc1. The van der Waals surface area contributed by atoms with Gasteiger partial charge in [0.15, 0.2) is 0 Å². The van der Waals surface area contributed by atoms with Gasteiger partial charge in [0.2, 0.25) is 5.91 Å². The Morgan fingerprint density at radius 2 is 1.81 bits per heavy atom. The zero-order valence-electron chi connectivity index (χ0n) is 9.11. The highest BCUT2D eigenvalue weighted by Gasteiger charge is 2.22. The molecule has 84 valence electrons. The summed E-state index contributed by atoms with van der Waals surface area (Å²) in [4.78, 5) is 22.3. The summed E-state index contributed by atoms with van der Waals surface area (Å²) in [6.45, 7) is 0. The van der Waals surface area contributed by atoms with Gasteiger partial charge in [0.05, 0.1) is 0 Å². The molecule has 1 N–H and O–H groups in total. The van der Waals surface area contributed by atoms with Crippen LogP contribution in [0.3, 0.4) is 0 Å². The molecule has 3 heteroatoms. The van der Waals surface area contributed by atoms with Crippen molar-refractivity contribution in [1.82, 2.24) is 0 Å². The Balaban J connectivity index is 1.97. The average molecular weight is 217 g/mol. The van der Waals surface area contributed by atoms with Crippen LogP contribution in [0.25, 0.3) is 0 Å². The Hall–Kier alpha value is -1.64. The number of carbonyl (C=O) groups is 2. The first-order valence-electron chi connectivity index (χ1n) is 5.66. The molecule has 1 saturated carbocycles. The number of benzene rings is 1. The second kappa shape index (κ2) is 4.92. The number of nitrogens with one attached hydrogen (secondary N) is 1. The molecular formula is C13H15NO2. The molecule has 2 rings (SSSR count). The van der Waals surface area contributed by atoms with Gasteiger partial charge in [-0.3, -0.25) is 9.59 Å². The first-order chi connectivity index (χ1) is 7.79. The second-order valence-corrected chi connectivity index (χ2v) is 4.21. The number of hydrogen-bond donors (Lipinski definition) is 1. The van der Waals surface area contributed by atoms with Crippen LogP contribution in [-0.4, -0.2) is 12.2 Å². The molecule has 3 nitrogen and oxygen atoms in total. The van der Waals surface area contributed by atoms with Gasteiger partial charge in [0, 0.05) is 17.2 Å². The summed E-state index contributed by atoms with van der Waals surface area (Å²) in [5, 5.41) is 2.88. The molecule has 0 spiro atoms. The van der Waals surface area contributed by atoms with Gasteiger partial charge in [-0.1, -0.05) is 12.8 Å². The van der Waals surface area contributed by atoms with Crippen molar-refractivity contribution in [2.45, 2.75) is 25.7 Å². The summed E-state index contributed by atoms with van der Waals surface area (Å²) >= 11 is 0. The maximum absolute atomic E-state index is 11.8. The fraction of sp³-hybridized carbons (Fsp3) is 0.385. The van der Waals surface area contributed by atoms with E-state index in [1.807, 2.05) is 0 Å². The molecule has 0 bridgehead atoms. The molecule has 1 aliphatic rings. The van der Waals surface area contributed by atoms with Crippen molar-refractivity contribution < 1.29 is 9.59 Å². The van der Waals surface area contributed by atoms with E-state index in [0.29, 0.717) is 5.56 Å². The highest BCUT2D eigenvalue weighted by atomic mass is 16.1. The number of carbonyl (C=O) groups excluding carboxylic acids is 2. The second-order valence-electron chi connectivity index (χ2n) is 4.21. The fourth-order valence-corrected chi connectivity index (χ4v) is 2.08. The van der Waals surface area contributed by atoms with E-state index in [4.69, 9.17) is 0 Å². The van der Waals surface area contributed by atoms with Gasteiger partial charge in [-0.05, 0) is 37.1 Å². The number of aldehydes is 1. The van der Waals surface area contributed by atoms with E-state index in [1.165, 1.54) is 0 Å². The van der Waals surface area contributed by atoms with Crippen molar-refractivity contribution >= 4 is 17.9 Å². The first kappa shape index (κ1) is 10.9. The molecule has 0 heterocycles. The van der Waals surface area contributed by atoms with Crippen LogP contribution >= 0.6 is 0 Å². The van der Waals surface area contributed by atoms with Gasteiger partial charge in [-0.2, -0.15) is 0 Å². The average Bonchev–Trinajstić information content (AvgIpc) is 2.83. The van der Waals surface area contributed by atoms with Crippen molar-refractivity contribution in [1.29, 1.82) is 0 Å². The quantitative estimate of drug-likeness (QED) is 0.791. The largest absolute Gasteiger partial charge is 0.326 e. The minimum Gasteiger partial charge on any atom is -0.326 e. The number of rotatable bonds is 3. The minimum absolute atomic E-state index is 0.108. The van der Waals surface area contributed by atoms with Gasteiger partial charge in [0.25, 0.3) is 0 Å². The summed E-state index contributed by atoms with van der Waals surface area (Å²) in [5.74, 6) is 0.280. The molecule has 0 radical (unpaired) electrons. The van der Waals surface area contributed by atoms with Crippen LogP contribution < -0.4 is 5.32 Å². The lowest BCUT2D eigenvalue weighted by Crippen LogP contribution is -2.20. The fourth-order valence-electron chi connectivity index (χ4n) is 2.08. The summed E-state index contributed by atoms with van der Waals surface area (Å²) in [6.07, 6.45) is 5.10. The van der Waals surface area contributed by atoms with Crippen molar-refractivity contribution in [3.05, 3.63) is 29.8 Å².